The molecule has 2 aliphatic rings. The molecule has 0 aromatic carbocycles. The zero-order valence-electron chi connectivity index (χ0n) is 10.9. The van der Waals surface area contributed by atoms with Crippen LogP contribution in [0.4, 0.5) is 0 Å². The summed E-state index contributed by atoms with van der Waals surface area (Å²) in [6, 6.07) is 0. The molecule has 0 spiro atoms. The molecule has 1 nitrogen and oxygen atoms in total. The van der Waals surface area contributed by atoms with Gasteiger partial charge in [-0.3, -0.25) is 4.90 Å². The monoisotopic (exact) mass is 229 g/mol. The first kappa shape index (κ1) is 12.5. The zero-order valence-corrected chi connectivity index (χ0v) is 10.9. The third kappa shape index (κ3) is 4.40. The van der Waals surface area contributed by atoms with Gasteiger partial charge in [0.2, 0.25) is 0 Å². The lowest BCUT2D eigenvalue weighted by Crippen LogP contribution is -2.29. The van der Waals surface area contributed by atoms with Crippen LogP contribution in [-0.2, 0) is 0 Å². The maximum atomic E-state index is 3.32. The Bertz CT molecular complexity index is 347. The molecule has 1 heteroatoms. The summed E-state index contributed by atoms with van der Waals surface area (Å²) in [5.41, 5.74) is 1.42. The Kier molecular flexibility index (Phi) is 4.88. The smallest absolute Gasteiger partial charge is 0.0389 e. The lowest BCUT2D eigenvalue weighted by Gasteiger charge is -2.24. The van der Waals surface area contributed by atoms with E-state index in [0.29, 0.717) is 5.92 Å². The Morgan fingerprint density at radius 2 is 2.18 bits per heavy atom. The summed E-state index contributed by atoms with van der Waals surface area (Å²) in [4.78, 5) is 2.55. The van der Waals surface area contributed by atoms with Crippen LogP contribution < -0.4 is 0 Å². The van der Waals surface area contributed by atoms with Crippen molar-refractivity contribution in [1.82, 2.24) is 4.90 Å². The quantitative estimate of drug-likeness (QED) is 0.529. The minimum atomic E-state index is 0.466. The van der Waals surface area contributed by atoms with Gasteiger partial charge in [0.05, 0.1) is 0 Å². The molecule has 1 aliphatic heterocycles. The third-order valence-electron chi connectivity index (χ3n) is 3.62. The molecule has 0 aromatic rings. The molecular weight excluding hydrogens is 206 g/mol. The molecule has 1 unspecified atom stereocenters. The van der Waals surface area contributed by atoms with Crippen LogP contribution in [0.25, 0.3) is 0 Å². The molecule has 1 heterocycles. The summed E-state index contributed by atoms with van der Waals surface area (Å²) >= 11 is 0. The van der Waals surface area contributed by atoms with Crippen molar-refractivity contribution in [3.05, 3.63) is 23.8 Å². The van der Waals surface area contributed by atoms with Gasteiger partial charge in [0.1, 0.15) is 0 Å². The standard InChI is InChI=1S/C16H23N/c1-15-7-5-8-16(11-10-15)9-6-14-17-12-3-2-4-13-17/h6-7,9,16H,2-4,10-14H2,1H3/b9-6+. The summed E-state index contributed by atoms with van der Waals surface area (Å²) < 4.78 is 0. The fourth-order valence-corrected chi connectivity index (χ4v) is 2.46. The molecule has 2 rings (SSSR count). The highest BCUT2D eigenvalue weighted by molar-refractivity contribution is 5.26. The summed E-state index contributed by atoms with van der Waals surface area (Å²) in [5.74, 6) is 6.94. The summed E-state index contributed by atoms with van der Waals surface area (Å²) in [6.07, 6.45) is 13.2. The van der Waals surface area contributed by atoms with Gasteiger partial charge in [-0.1, -0.05) is 36.0 Å². The van der Waals surface area contributed by atoms with E-state index >= 15 is 0 Å². The van der Waals surface area contributed by atoms with Gasteiger partial charge in [-0.2, -0.15) is 0 Å². The van der Waals surface area contributed by atoms with Crippen molar-refractivity contribution in [2.45, 2.75) is 39.0 Å². The molecule has 0 saturated carbocycles. The molecule has 0 amide bonds. The molecule has 1 fully saturated rings. The number of piperidine rings is 1. The van der Waals surface area contributed by atoms with Crippen molar-refractivity contribution in [3.63, 3.8) is 0 Å². The first-order chi connectivity index (χ1) is 8.34. The van der Waals surface area contributed by atoms with Crippen LogP contribution in [0.15, 0.2) is 23.8 Å². The van der Waals surface area contributed by atoms with E-state index in [-0.39, 0.29) is 0 Å². The number of hydrogen-bond acceptors (Lipinski definition) is 1. The van der Waals surface area contributed by atoms with E-state index in [0.717, 1.165) is 6.54 Å². The van der Waals surface area contributed by atoms with Gasteiger partial charge in [-0.15, -0.1) is 0 Å². The Balaban J connectivity index is 1.75. The molecule has 0 radical (unpaired) electrons. The fourth-order valence-electron chi connectivity index (χ4n) is 2.46. The highest BCUT2D eigenvalue weighted by Crippen LogP contribution is 2.15. The second kappa shape index (κ2) is 6.67. The Labute approximate surface area is 106 Å². The van der Waals surface area contributed by atoms with Gasteiger partial charge in [0.15, 0.2) is 0 Å². The van der Waals surface area contributed by atoms with Gasteiger partial charge in [-0.05, 0) is 51.8 Å². The molecule has 1 atom stereocenters. The predicted molar refractivity (Wildman–Crippen MR) is 73.7 cm³/mol. The maximum Gasteiger partial charge on any atom is 0.0389 e. The second-order valence-electron chi connectivity index (χ2n) is 5.21. The van der Waals surface area contributed by atoms with Gasteiger partial charge in [-0.25, -0.2) is 0 Å². The van der Waals surface area contributed by atoms with Crippen molar-refractivity contribution in [3.8, 4) is 11.8 Å². The van der Waals surface area contributed by atoms with E-state index in [1.165, 1.54) is 50.8 Å². The molecule has 17 heavy (non-hydrogen) atoms. The van der Waals surface area contributed by atoms with Crippen LogP contribution in [0.1, 0.15) is 39.0 Å². The highest BCUT2D eigenvalue weighted by Gasteiger charge is 2.08. The van der Waals surface area contributed by atoms with E-state index in [4.69, 9.17) is 0 Å². The van der Waals surface area contributed by atoms with Gasteiger partial charge in [0, 0.05) is 12.5 Å². The molecule has 0 aromatic heterocycles. The van der Waals surface area contributed by atoms with Crippen molar-refractivity contribution in [2.24, 2.45) is 5.92 Å². The highest BCUT2D eigenvalue weighted by atomic mass is 15.1. The fraction of sp³-hybridized carbons (Fsp3) is 0.625. The van der Waals surface area contributed by atoms with Crippen molar-refractivity contribution in [1.29, 1.82) is 0 Å². The van der Waals surface area contributed by atoms with Crippen LogP contribution in [0.3, 0.4) is 0 Å². The number of rotatable bonds is 3. The SMILES string of the molecule is CC1=CC#CC(/C=C/CN2CCCCC2)CC1. The normalized spacial score (nSPS) is 26.2. The van der Waals surface area contributed by atoms with Crippen molar-refractivity contribution < 1.29 is 0 Å². The molecule has 0 bridgehead atoms. The average Bonchev–Trinajstić information content (AvgIpc) is 2.56. The number of nitrogens with zero attached hydrogens (tertiary/aromatic N) is 1. The van der Waals surface area contributed by atoms with Crippen LogP contribution in [-0.4, -0.2) is 24.5 Å². The third-order valence-corrected chi connectivity index (χ3v) is 3.62. The van der Waals surface area contributed by atoms with E-state index in [9.17, 15) is 0 Å². The Hall–Kier alpha value is -1.00. The van der Waals surface area contributed by atoms with Crippen LogP contribution in [0.2, 0.25) is 0 Å². The Morgan fingerprint density at radius 1 is 1.35 bits per heavy atom. The van der Waals surface area contributed by atoms with E-state index < -0.39 is 0 Å². The van der Waals surface area contributed by atoms with Crippen molar-refractivity contribution >= 4 is 0 Å². The lowest BCUT2D eigenvalue weighted by atomic mass is 10.0. The van der Waals surface area contributed by atoms with E-state index in [1.54, 1.807) is 0 Å². The second-order valence-corrected chi connectivity index (χ2v) is 5.21. The molecule has 92 valence electrons. The Morgan fingerprint density at radius 3 is 3.00 bits per heavy atom. The van der Waals surface area contributed by atoms with Crippen LogP contribution in [0, 0.1) is 17.8 Å². The topological polar surface area (TPSA) is 3.24 Å². The summed E-state index contributed by atoms with van der Waals surface area (Å²) in [7, 11) is 0. The van der Waals surface area contributed by atoms with Crippen molar-refractivity contribution in [2.75, 3.05) is 19.6 Å². The summed E-state index contributed by atoms with van der Waals surface area (Å²) in [5, 5.41) is 0. The van der Waals surface area contributed by atoms with E-state index in [2.05, 4.69) is 41.9 Å². The number of likely N-dealkylation sites (tertiary alicyclic amines) is 1. The van der Waals surface area contributed by atoms with E-state index in [1.807, 2.05) is 0 Å². The van der Waals surface area contributed by atoms with Crippen LogP contribution in [0.5, 0.6) is 0 Å². The van der Waals surface area contributed by atoms with Gasteiger partial charge >= 0.3 is 0 Å². The first-order valence-corrected chi connectivity index (χ1v) is 6.90. The van der Waals surface area contributed by atoms with Gasteiger partial charge in [0.25, 0.3) is 0 Å². The van der Waals surface area contributed by atoms with Gasteiger partial charge < -0.3 is 0 Å². The number of hydrogen-bond donors (Lipinski definition) is 0. The zero-order chi connectivity index (χ0) is 11.9. The largest absolute Gasteiger partial charge is 0.300 e. The first-order valence-electron chi connectivity index (χ1n) is 6.90. The van der Waals surface area contributed by atoms with Crippen LogP contribution >= 0.6 is 0 Å². The maximum absolute atomic E-state index is 3.32. The number of allylic oxidation sites excluding steroid dienone is 3. The molecule has 0 N–H and O–H groups in total. The lowest BCUT2D eigenvalue weighted by molar-refractivity contribution is 0.251. The minimum Gasteiger partial charge on any atom is -0.300 e. The molecule has 1 aliphatic carbocycles. The molecular formula is C16H23N. The molecule has 1 saturated heterocycles. The minimum absolute atomic E-state index is 0.466. The average molecular weight is 229 g/mol. The summed E-state index contributed by atoms with van der Waals surface area (Å²) in [6.45, 7) is 5.85. The predicted octanol–water partition coefficient (Wildman–Crippen LogP) is 3.39.